The quantitative estimate of drug-likeness (QED) is 0.473. The van der Waals surface area contributed by atoms with Crippen molar-refractivity contribution < 1.29 is 14.8 Å². The average Bonchev–Trinajstić information content (AvgIpc) is 3.39. The number of hydrogen-bond acceptors (Lipinski definition) is 6. The smallest absolute Gasteiger partial charge is 0.320 e. The molecule has 4 rings (SSSR count). The Bertz CT molecular complexity index is 1190. The summed E-state index contributed by atoms with van der Waals surface area (Å²) in [6.45, 7) is 2.14. The molecule has 0 radical (unpaired) electrons. The monoisotopic (exact) mass is 439 g/mol. The van der Waals surface area contributed by atoms with Crippen LogP contribution in [0, 0.1) is 10.1 Å². The molecule has 0 bridgehead atoms. The zero-order chi connectivity index (χ0) is 22.1. The predicted molar refractivity (Wildman–Crippen MR) is 114 cm³/mol. The van der Waals surface area contributed by atoms with Crippen molar-refractivity contribution in [2.24, 2.45) is 5.10 Å². The first-order valence-electron chi connectivity index (χ1n) is 9.55. The molecule has 1 N–H and O–H groups in total. The van der Waals surface area contributed by atoms with Crippen molar-refractivity contribution in [2.45, 2.75) is 25.9 Å². The number of halogens is 1. The van der Waals surface area contributed by atoms with Gasteiger partial charge in [-0.1, -0.05) is 41.9 Å². The van der Waals surface area contributed by atoms with Gasteiger partial charge in [0.1, 0.15) is 11.9 Å². The van der Waals surface area contributed by atoms with Crippen molar-refractivity contribution in [1.82, 2.24) is 14.8 Å². The van der Waals surface area contributed by atoms with Gasteiger partial charge in [-0.2, -0.15) is 10.2 Å². The van der Waals surface area contributed by atoms with E-state index in [1.165, 1.54) is 16.9 Å². The van der Waals surface area contributed by atoms with Crippen LogP contribution in [-0.2, 0) is 6.54 Å². The summed E-state index contributed by atoms with van der Waals surface area (Å²) in [7, 11) is 0. The Morgan fingerprint density at radius 1 is 1.26 bits per heavy atom. The van der Waals surface area contributed by atoms with E-state index in [0.29, 0.717) is 29.3 Å². The molecule has 158 valence electrons. The van der Waals surface area contributed by atoms with Crippen molar-refractivity contribution in [2.75, 3.05) is 0 Å². The van der Waals surface area contributed by atoms with Crippen molar-refractivity contribution in [3.05, 3.63) is 86.7 Å². The Morgan fingerprint density at radius 2 is 1.97 bits per heavy atom. The van der Waals surface area contributed by atoms with E-state index in [1.807, 2.05) is 0 Å². The summed E-state index contributed by atoms with van der Waals surface area (Å²) in [4.78, 5) is 24.2. The Balaban J connectivity index is 1.80. The summed E-state index contributed by atoms with van der Waals surface area (Å²) in [5, 5.41) is 32.2. The second-order valence-electron chi connectivity index (χ2n) is 6.96. The molecule has 0 aliphatic carbocycles. The fourth-order valence-electron chi connectivity index (χ4n) is 3.49. The zero-order valence-corrected chi connectivity index (χ0v) is 17.2. The van der Waals surface area contributed by atoms with E-state index < -0.39 is 22.6 Å². The third-order valence-electron chi connectivity index (χ3n) is 5.06. The van der Waals surface area contributed by atoms with Crippen LogP contribution < -0.4 is 0 Å². The Kier molecular flexibility index (Phi) is 5.43. The molecule has 10 heteroatoms. The molecule has 1 atom stereocenters. The van der Waals surface area contributed by atoms with Gasteiger partial charge in [0, 0.05) is 23.6 Å². The van der Waals surface area contributed by atoms with Gasteiger partial charge < -0.3 is 5.11 Å². The third kappa shape index (κ3) is 3.87. The van der Waals surface area contributed by atoms with E-state index in [0.717, 1.165) is 10.6 Å². The van der Waals surface area contributed by atoms with Gasteiger partial charge in [-0.15, -0.1) is 0 Å². The number of aromatic nitrogens is 2. The molecular weight excluding hydrogens is 422 g/mol. The minimum Gasteiger partial charge on any atom is -0.508 e. The van der Waals surface area contributed by atoms with Gasteiger partial charge in [0.15, 0.2) is 0 Å². The van der Waals surface area contributed by atoms with E-state index in [9.17, 15) is 20.0 Å². The van der Waals surface area contributed by atoms with Gasteiger partial charge in [0.25, 0.3) is 0 Å². The Morgan fingerprint density at radius 3 is 2.61 bits per heavy atom. The van der Waals surface area contributed by atoms with Gasteiger partial charge in [0.2, 0.25) is 5.69 Å². The molecule has 3 aromatic rings. The number of nitrogens with zero attached hydrogens (tertiary/aromatic N) is 5. The third-order valence-corrected chi connectivity index (χ3v) is 5.31. The summed E-state index contributed by atoms with van der Waals surface area (Å²) in [5.41, 5.74) is 1.15. The van der Waals surface area contributed by atoms with E-state index >= 15 is 0 Å². The highest BCUT2D eigenvalue weighted by Crippen LogP contribution is 2.38. The molecule has 0 saturated carbocycles. The molecule has 1 amide bonds. The number of aromatic hydroxyl groups is 1. The molecule has 0 fully saturated rings. The second kappa shape index (κ2) is 8.19. The molecule has 9 nitrogen and oxygen atoms in total. The average molecular weight is 440 g/mol. The molecule has 31 heavy (non-hydrogen) atoms. The normalized spacial score (nSPS) is 15.7. The highest BCUT2D eigenvalue weighted by Gasteiger charge is 2.39. The second-order valence-corrected chi connectivity index (χ2v) is 7.39. The maximum atomic E-state index is 13.4. The van der Waals surface area contributed by atoms with E-state index in [2.05, 4.69) is 10.2 Å². The van der Waals surface area contributed by atoms with Crippen LogP contribution >= 0.6 is 11.6 Å². The SMILES string of the molecule is CCn1cc([N+](=O)[O-])c(C(=O)N2N=C(c3ccc(Cl)cc3)C[C@H]2c2ccccc2O)n1. The summed E-state index contributed by atoms with van der Waals surface area (Å²) >= 11 is 5.97. The lowest BCUT2D eigenvalue weighted by atomic mass is 9.97. The van der Waals surface area contributed by atoms with E-state index in [4.69, 9.17) is 11.6 Å². The van der Waals surface area contributed by atoms with Gasteiger partial charge in [-0.25, -0.2) is 5.01 Å². The molecule has 1 aliphatic rings. The number of rotatable bonds is 5. The zero-order valence-electron chi connectivity index (χ0n) is 16.5. The fraction of sp³-hybridized carbons (Fsp3) is 0.190. The van der Waals surface area contributed by atoms with Crippen LogP contribution in [0.3, 0.4) is 0 Å². The van der Waals surface area contributed by atoms with Crippen LogP contribution in [0.1, 0.15) is 41.0 Å². The molecule has 1 aromatic heterocycles. The molecular formula is C21H18ClN5O4. The molecule has 1 aliphatic heterocycles. The highest BCUT2D eigenvalue weighted by atomic mass is 35.5. The van der Waals surface area contributed by atoms with Crippen LogP contribution in [0.4, 0.5) is 5.69 Å². The lowest BCUT2D eigenvalue weighted by molar-refractivity contribution is -0.385. The van der Waals surface area contributed by atoms with Crippen LogP contribution in [0.15, 0.2) is 59.8 Å². The Hall–Kier alpha value is -3.72. The number of carbonyl (C=O) groups excluding carboxylic acids is 1. The van der Waals surface area contributed by atoms with Crippen LogP contribution in [0.5, 0.6) is 5.75 Å². The highest BCUT2D eigenvalue weighted by molar-refractivity contribution is 6.30. The largest absolute Gasteiger partial charge is 0.508 e. The predicted octanol–water partition coefficient (Wildman–Crippen LogP) is 4.16. The molecule has 2 heterocycles. The number of nitro groups is 1. The Labute approximate surface area is 182 Å². The van der Waals surface area contributed by atoms with Crippen molar-refractivity contribution in [3.8, 4) is 5.75 Å². The number of carbonyl (C=O) groups is 1. The van der Waals surface area contributed by atoms with Crippen molar-refractivity contribution in [1.29, 1.82) is 0 Å². The topological polar surface area (TPSA) is 114 Å². The summed E-state index contributed by atoms with van der Waals surface area (Å²) < 4.78 is 1.33. The summed E-state index contributed by atoms with van der Waals surface area (Å²) in [5.74, 6) is -0.706. The summed E-state index contributed by atoms with van der Waals surface area (Å²) in [6, 6.07) is 13.0. The number of amides is 1. The molecule has 2 aromatic carbocycles. The van der Waals surface area contributed by atoms with Gasteiger partial charge in [0.05, 0.1) is 16.7 Å². The van der Waals surface area contributed by atoms with E-state index in [1.54, 1.807) is 49.4 Å². The lowest BCUT2D eigenvalue weighted by Crippen LogP contribution is -2.28. The van der Waals surface area contributed by atoms with Crippen LogP contribution in [0.25, 0.3) is 0 Å². The maximum absolute atomic E-state index is 13.4. The van der Waals surface area contributed by atoms with E-state index in [-0.39, 0.29) is 11.4 Å². The van der Waals surface area contributed by atoms with Crippen LogP contribution in [0.2, 0.25) is 5.02 Å². The standard InChI is InChI=1S/C21H18ClN5O4/c1-2-25-12-18(27(30)31)20(24-25)21(29)26-17(15-5-3-4-6-19(15)28)11-16(23-26)13-7-9-14(22)10-8-13/h3-10,12,17,28H,2,11H2,1H3/t17-/m0/s1. The van der Waals surface area contributed by atoms with Crippen molar-refractivity contribution in [3.63, 3.8) is 0 Å². The number of phenols is 1. The number of hydrazone groups is 1. The number of phenolic OH excluding ortho intramolecular Hbond substituents is 1. The molecule has 0 saturated heterocycles. The number of para-hydroxylation sites is 1. The minimum atomic E-state index is -0.712. The first-order valence-corrected chi connectivity index (χ1v) is 9.93. The molecule has 0 spiro atoms. The fourth-order valence-corrected chi connectivity index (χ4v) is 3.62. The molecule has 0 unspecified atom stereocenters. The van der Waals surface area contributed by atoms with Gasteiger partial charge in [-0.3, -0.25) is 19.6 Å². The lowest BCUT2D eigenvalue weighted by Gasteiger charge is -2.21. The van der Waals surface area contributed by atoms with Gasteiger partial charge >= 0.3 is 11.6 Å². The van der Waals surface area contributed by atoms with Crippen LogP contribution in [-0.4, -0.2) is 36.4 Å². The van der Waals surface area contributed by atoms with Gasteiger partial charge in [-0.05, 0) is 30.7 Å². The first-order chi connectivity index (χ1) is 14.9. The minimum absolute atomic E-state index is 0.00597. The van der Waals surface area contributed by atoms with Crippen molar-refractivity contribution >= 4 is 28.9 Å². The summed E-state index contributed by atoms with van der Waals surface area (Å²) in [6.07, 6.45) is 1.54. The number of benzene rings is 2. The maximum Gasteiger partial charge on any atom is 0.320 e. The number of hydrogen-bond donors (Lipinski definition) is 1. The first kappa shape index (κ1) is 20.5. The number of aryl methyl sites for hydroxylation is 1.